The molecule has 0 aliphatic heterocycles. The van der Waals surface area contributed by atoms with E-state index in [4.69, 9.17) is 21.1 Å². The first-order chi connectivity index (χ1) is 8.99. The van der Waals surface area contributed by atoms with Gasteiger partial charge in [0, 0.05) is 4.47 Å². The van der Waals surface area contributed by atoms with Crippen molar-refractivity contribution < 1.29 is 19.1 Å². The number of halogens is 2. The highest BCUT2D eigenvalue weighted by atomic mass is 79.9. The number of aromatic carboxylic acids is 1. The zero-order chi connectivity index (χ0) is 14.0. The Balaban J connectivity index is 2.33. The van der Waals surface area contributed by atoms with Gasteiger partial charge in [-0.1, -0.05) is 6.07 Å². The van der Waals surface area contributed by atoms with Crippen LogP contribution in [0, 0.1) is 0 Å². The lowest BCUT2D eigenvalue weighted by molar-refractivity contribution is 0.0698. The number of hydrogen-bond acceptors (Lipinski definition) is 3. The van der Waals surface area contributed by atoms with Crippen LogP contribution in [0.15, 0.2) is 39.2 Å². The second-order valence-corrected chi connectivity index (χ2v) is 4.75. The summed E-state index contributed by atoms with van der Waals surface area (Å²) in [6, 6.07) is 7.39. The molecule has 0 saturated carbocycles. The number of amides is 1. The van der Waals surface area contributed by atoms with Gasteiger partial charge in [0.25, 0.3) is 5.91 Å². The van der Waals surface area contributed by atoms with Gasteiger partial charge in [-0.3, -0.25) is 4.79 Å². The third-order valence-electron chi connectivity index (χ3n) is 2.28. The van der Waals surface area contributed by atoms with Crippen molar-refractivity contribution in [1.29, 1.82) is 0 Å². The van der Waals surface area contributed by atoms with E-state index in [-0.39, 0.29) is 22.2 Å². The fourth-order valence-electron chi connectivity index (χ4n) is 1.44. The maximum Gasteiger partial charge on any atom is 0.337 e. The maximum absolute atomic E-state index is 11.9. The van der Waals surface area contributed by atoms with E-state index in [0.29, 0.717) is 4.47 Å². The van der Waals surface area contributed by atoms with Crippen LogP contribution in [0.4, 0.5) is 5.69 Å². The summed E-state index contributed by atoms with van der Waals surface area (Å²) in [6.07, 6.45) is 0. The smallest absolute Gasteiger partial charge is 0.337 e. The van der Waals surface area contributed by atoms with Crippen LogP contribution in [0.5, 0.6) is 0 Å². The van der Waals surface area contributed by atoms with Crippen LogP contribution in [0.3, 0.4) is 0 Å². The van der Waals surface area contributed by atoms with Gasteiger partial charge in [-0.25, -0.2) is 4.79 Å². The van der Waals surface area contributed by atoms with Gasteiger partial charge in [0.2, 0.25) is 0 Å². The highest BCUT2D eigenvalue weighted by Gasteiger charge is 2.17. The first-order valence-electron chi connectivity index (χ1n) is 5.07. The Morgan fingerprint density at radius 1 is 1.26 bits per heavy atom. The molecule has 7 heteroatoms. The van der Waals surface area contributed by atoms with Gasteiger partial charge in [0.15, 0.2) is 11.0 Å². The van der Waals surface area contributed by atoms with Crippen molar-refractivity contribution >= 4 is 45.1 Å². The number of para-hydroxylation sites is 1. The Morgan fingerprint density at radius 3 is 2.58 bits per heavy atom. The van der Waals surface area contributed by atoms with Gasteiger partial charge < -0.3 is 14.8 Å². The highest BCUT2D eigenvalue weighted by molar-refractivity contribution is 9.10. The normalized spacial score (nSPS) is 10.2. The zero-order valence-corrected chi connectivity index (χ0v) is 11.7. The molecule has 0 atom stereocenters. The predicted molar refractivity (Wildman–Crippen MR) is 72.8 cm³/mol. The van der Waals surface area contributed by atoms with Crippen molar-refractivity contribution in [1.82, 2.24) is 0 Å². The maximum atomic E-state index is 11.9. The fourth-order valence-corrected chi connectivity index (χ4v) is 2.05. The lowest BCUT2D eigenvalue weighted by Crippen LogP contribution is -2.14. The molecule has 1 heterocycles. The molecule has 1 amide bonds. The Hall–Kier alpha value is -1.79. The van der Waals surface area contributed by atoms with E-state index >= 15 is 0 Å². The highest BCUT2D eigenvalue weighted by Crippen LogP contribution is 2.27. The van der Waals surface area contributed by atoms with Gasteiger partial charge in [0.1, 0.15) is 0 Å². The van der Waals surface area contributed by atoms with Crippen molar-refractivity contribution in [3.8, 4) is 0 Å². The van der Waals surface area contributed by atoms with E-state index in [2.05, 4.69) is 21.2 Å². The summed E-state index contributed by atoms with van der Waals surface area (Å²) in [5.74, 6) is -1.73. The van der Waals surface area contributed by atoms with Crippen LogP contribution < -0.4 is 5.32 Å². The molecule has 19 heavy (non-hydrogen) atoms. The molecule has 98 valence electrons. The number of nitrogens with one attached hydrogen (secondary N) is 1. The number of benzene rings is 1. The summed E-state index contributed by atoms with van der Waals surface area (Å²) in [6.45, 7) is 0. The summed E-state index contributed by atoms with van der Waals surface area (Å²) < 4.78 is 5.41. The molecule has 0 aliphatic rings. The number of carbonyl (C=O) groups is 2. The average Bonchev–Trinajstić information content (AvgIpc) is 2.78. The summed E-state index contributed by atoms with van der Waals surface area (Å²) in [5, 5.41) is 11.6. The molecule has 1 aromatic carbocycles. The van der Waals surface area contributed by atoms with Gasteiger partial charge in [0.05, 0.1) is 11.3 Å². The van der Waals surface area contributed by atoms with Crippen molar-refractivity contribution in [2.24, 2.45) is 0 Å². The molecule has 2 N–H and O–H groups in total. The first-order valence-corrected chi connectivity index (χ1v) is 6.24. The number of anilines is 1. The third kappa shape index (κ3) is 2.97. The molecule has 0 bridgehead atoms. The minimum Gasteiger partial charge on any atom is -0.478 e. The monoisotopic (exact) mass is 343 g/mol. The largest absolute Gasteiger partial charge is 0.478 e. The van der Waals surface area contributed by atoms with Crippen LogP contribution in [-0.4, -0.2) is 17.0 Å². The van der Waals surface area contributed by atoms with Crippen molar-refractivity contribution in [3.63, 3.8) is 0 Å². The van der Waals surface area contributed by atoms with Gasteiger partial charge in [-0.15, -0.1) is 0 Å². The van der Waals surface area contributed by atoms with Gasteiger partial charge in [-0.2, -0.15) is 0 Å². The Kier molecular flexibility index (Phi) is 3.92. The predicted octanol–water partition coefficient (Wildman–Crippen LogP) is 3.65. The molecular formula is C12H7BrClNO4. The molecule has 2 rings (SSSR count). The van der Waals surface area contributed by atoms with Gasteiger partial charge >= 0.3 is 5.97 Å². The summed E-state index contributed by atoms with van der Waals surface area (Å²) >= 11 is 8.76. The van der Waals surface area contributed by atoms with Gasteiger partial charge in [-0.05, 0) is 51.8 Å². The minimum absolute atomic E-state index is 0.00269. The van der Waals surface area contributed by atoms with Crippen LogP contribution >= 0.6 is 27.5 Å². The molecule has 0 spiro atoms. The van der Waals surface area contributed by atoms with Crippen molar-refractivity contribution in [2.75, 3.05) is 5.32 Å². The number of rotatable bonds is 3. The summed E-state index contributed by atoms with van der Waals surface area (Å²) in [5.41, 5.74) is 0.132. The van der Waals surface area contributed by atoms with Crippen LogP contribution in [0.2, 0.25) is 5.22 Å². The molecule has 5 nitrogen and oxygen atoms in total. The number of hydrogen-bond donors (Lipinski definition) is 2. The Bertz CT molecular complexity index is 653. The second-order valence-electron chi connectivity index (χ2n) is 3.53. The second kappa shape index (κ2) is 5.46. The summed E-state index contributed by atoms with van der Waals surface area (Å²) in [4.78, 5) is 23.0. The SMILES string of the molecule is O=C(Nc1c(Br)cccc1C(=O)O)c1ccc(Cl)o1. The summed E-state index contributed by atoms with van der Waals surface area (Å²) in [7, 11) is 0. The number of furan rings is 1. The molecule has 0 aliphatic carbocycles. The van der Waals surface area contributed by atoms with E-state index in [1.54, 1.807) is 12.1 Å². The number of carboxylic acid groups (broad SMARTS) is 1. The molecule has 0 saturated heterocycles. The van der Waals surface area contributed by atoms with Crippen LogP contribution in [-0.2, 0) is 0 Å². The van der Waals surface area contributed by atoms with Crippen LogP contribution in [0.1, 0.15) is 20.9 Å². The lowest BCUT2D eigenvalue weighted by Gasteiger charge is -2.09. The average molecular weight is 345 g/mol. The minimum atomic E-state index is -1.14. The Labute approximate surface area is 121 Å². The number of carboxylic acids is 1. The van der Waals surface area contributed by atoms with E-state index in [0.717, 1.165) is 0 Å². The fraction of sp³-hybridized carbons (Fsp3) is 0. The van der Waals surface area contributed by atoms with E-state index < -0.39 is 11.9 Å². The van der Waals surface area contributed by atoms with E-state index in [1.807, 2.05) is 0 Å². The lowest BCUT2D eigenvalue weighted by atomic mass is 10.2. The molecule has 0 radical (unpaired) electrons. The molecular weight excluding hydrogens is 337 g/mol. The Morgan fingerprint density at radius 2 is 2.00 bits per heavy atom. The molecule has 1 aromatic heterocycles. The van der Waals surface area contributed by atoms with E-state index in [1.165, 1.54) is 18.2 Å². The number of carbonyl (C=O) groups excluding carboxylic acids is 1. The van der Waals surface area contributed by atoms with E-state index in [9.17, 15) is 9.59 Å². The molecule has 0 unspecified atom stereocenters. The quantitative estimate of drug-likeness (QED) is 0.891. The van der Waals surface area contributed by atoms with Crippen LogP contribution in [0.25, 0.3) is 0 Å². The molecule has 2 aromatic rings. The molecule has 0 fully saturated rings. The van der Waals surface area contributed by atoms with Crippen molar-refractivity contribution in [2.45, 2.75) is 0 Å². The standard InChI is InChI=1S/C12H7BrClNO4/c13-7-3-1-2-6(12(17)18)10(7)15-11(16)8-4-5-9(14)19-8/h1-5H,(H,15,16)(H,17,18). The first kappa shape index (κ1) is 13.6. The third-order valence-corrected chi connectivity index (χ3v) is 3.14. The zero-order valence-electron chi connectivity index (χ0n) is 9.31. The topological polar surface area (TPSA) is 79.5 Å². The van der Waals surface area contributed by atoms with Crippen molar-refractivity contribution in [3.05, 3.63) is 51.3 Å².